The van der Waals surface area contributed by atoms with Gasteiger partial charge in [-0.3, -0.25) is 9.78 Å². The molecule has 0 radical (unpaired) electrons. The zero-order valence-electron chi connectivity index (χ0n) is 10.8. The Labute approximate surface area is 134 Å². The molecule has 5 heteroatoms. The van der Waals surface area contributed by atoms with Crippen molar-refractivity contribution in [2.24, 2.45) is 0 Å². The van der Waals surface area contributed by atoms with Crippen LogP contribution in [-0.4, -0.2) is 10.9 Å². The van der Waals surface area contributed by atoms with Crippen molar-refractivity contribution in [2.75, 3.05) is 5.32 Å². The Morgan fingerprint density at radius 2 is 1.95 bits per heavy atom. The standard InChI is InChI=1S/C16H10FIN2O/c17-11-6-7-14(13(18)9-11)20-16(21)12-5-1-3-10-4-2-8-19-15(10)12/h1-9H,(H,20,21). The molecule has 0 saturated heterocycles. The number of hydrogen-bond acceptors (Lipinski definition) is 2. The minimum atomic E-state index is -0.329. The molecule has 1 heterocycles. The number of carbonyl (C=O) groups is 1. The highest BCUT2D eigenvalue weighted by Gasteiger charge is 2.12. The second-order valence-corrected chi connectivity index (χ2v) is 5.62. The number of aromatic nitrogens is 1. The number of rotatable bonds is 2. The van der Waals surface area contributed by atoms with Crippen LogP contribution in [0.15, 0.2) is 54.7 Å². The average Bonchev–Trinajstić information content (AvgIpc) is 2.49. The lowest BCUT2D eigenvalue weighted by Gasteiger charge is -2.09. The van der Waals surface area contributed by atoms with Crippen LogP contribution in [0.5, 0.6) is 0 Å². The minimum absolute atomic E-state index is 0.260. The molecule has 3 rings (SSSR count). The van der Waals surface area contributed by atoms with Crippen molar-refractivity contribution in [2.45, 2.75) is 0 Å². The maximum atomic E-state index is 13.1. The first-order valence-electron chi connectivity index (χ1n) is 6.25. The Morgan fingerprint density at radius 1 is 1.14 bits per heavy atom. The number of nitrogens with one attached hydrogen (secondary N) is 1. The zero-order valence-corrected chi connectivity index (χ0v) is 13.0. The van der Waals surface area contributed by atoms with Gasteiger partial charge in [0.05, 0.1) is 16.8 Å². The van der Waals surface area contributed by atoms with Crippen LogP contribution in [0.1, 0.15) is 10.4 Å². The van der Waals surface area contributed by atoms with Gasteiger partial charge in [-0.25, -0.2) is 4.39 Å². The number of para-hydroxylation sites is 1. The van der Waals surface area contributed by atoms with Gasteiger partial charge >= 0.3 is 0 Å². The summed E-state index contributed by atoms with van der Waals surface area (Å²) >= 11 is 1.99. The molecule has 0 spiro atoms. The van der Waals surface area contributed by atoms with Gasteiger partial charge in [-0.2, -0.15) is 0 Å². The summed E-state index contributed by atoms with van der Waals surface area (Å²) in [5.41, 5.74) is 1.72. The highest BCUT2D eigenvalue weighted by atomic mass is 127. The monoisotopic (exact) mass is 392 g/mol. The van der Waals surface area contributed by atoms with Crippen LogP contribution in [0.3, 0.4) is 0 Å². The maximum absolute atomic E-state index is 13.1. The summed E-state index contributed by atoms with van der Waals surface area (Å²) in [6.07, 6.45) is 1.65. The summed E-state index contributed by atoms with van der Waals surface area (Å²) in [7, 11) is 0. The fraction of sp³-hybridized carbons (Fsp3) is 0. The molecule has 0 saturated carbocycles. The molecule has 21 heavy (non-hydrogen) atoms. The smallest absolute Gasteiger partial charge is 0.257 e. The number of amides is 1. The van der Waals surface area contributed by atoms with Gasteiger partial charge in [0.15, 0.2) is 0 Å². The predicted octanol–water partition coefficient (Wildman–Crippen LogP) is 4.23. The van der Waals surface area contributed by atoms with E-state index in [9.17, 15) is 9.18 Å². The number of carbonyl (C=O) groups excluding carboxylic acids is 1. The van der Waals surface area contributed by atoms with Crippen molar-refractivity contribution >= 4 is 45.1 Å². The summed E-state index contributed by atoms with van der Waals surface area (Å²) in [4.78, 5) is 16.7. The molecule has 0 unspecified atom stereocenters. The Kier molecular flexibility index (Phi) is 3.83. The summed E-state index contributed by atoms with van der Waals surface area (Å²) in [5, 5.41) is 3.69. The third-order valence-electron chi connectivity index (χ3n) is 3.06. The lowest BCUT2D eigenvalue weighted by atomic mass is 10.1. The molecule has 0 aliphatic heterocycles. The van der Waals surface area contributed by atoms with Crippen molar-refractivity contribution in [3.63, 3.8) is 0 Å². The molecule has 3 nitrogen and oxygen atoms in total. The third kappa shape index (κ3) is 2.87. The van der Waals surface area contributed by atoms with Gasteiger partial charge in [-0.1, -0.05) is 18.2 Å². The van der Waals surface area contributed by atoms with Crippen molar-refractivity contribution in [1.29, 1.82) is 0 Å². The summed E-state index contributed by atoms with van der Waals surface area (Å²) in [5.74, 6) is -0.590. The number of benzene rings is 2. The Bertz CT molecular complexity index is 830. The lowest BCUT2D eigenvalue weighted by Crippen LogP contribution is -2.13. The normalized spacial score (nSPS) is 10.6. The van der Waals surface area contributed by atoms with Gasteiger partial charge in [0.25, 0.3) is 5.91 Å². The van der Waals surface area contributed by atoms with E-state index in [1.54, 1.807) is 18.3 Å². The number of pyridine rings is 1. The first-order chi connectivity index (χ1) is 10.1. The van der Waals surface area contributed by atoms with Gasteiger partial charge in [-0.15, -0.1) is 0 Å². The summed E-state index contributed by atoms with van der Waals surface area (Å²) in [6, 6.07) is 13.4. The number of hydrogen-bond donors (Lipinski definition) is 1. The molecule has 0 bridgehead atoms. The van der Waals surface area contributed by atoms with Gasteiger partial charge in [-0.05, 0) is 52.9 Å². The fourth-order valence-corrected chi connectivity index (χ4v) is 2.68. The van der Waals surface area contributed by atoms with Gasteiger partial charge in [0.1, 0.15) is 5.82 Å². The Balaban J connectivity index is 1.97. The van der Waals surface area contributed by atoms with E-state index in [0.29, 0.717) is 20.3 Å². The first kappa shape index (κ1) is 13.9. The van der Waals surface area contributed by atoms with Crippen LogP contribution < -0.4 is 5.32 Å². The third-order valence-corrected chi connectivity index (χ3v) is 3.95. The average molecular weight is 392 g/mol. The van der Waals surface area contributed by atoms with Crippen LogP contribution in [0.4, 0.5) is 10.1 Å². The molecule has 1 amide bonds. The predicted molar refractivity (Wildman–Crippen MR) is 88.8 cm³/mol. The minimum Gasteiger partial charge on any atom is -0.321 e. The SMILES string of the molecule is O=C(Nc1ccc(F)cc1I)c1cccc2cccnc12. The fourth-order valence-electron chi connectivity index (χ4n) is 2.07. The largest absolute Gasteiger partial charge is 0.321 e. The highest BCUT2D eigenvalue weighted by Crippen LogP contribution is 2.22. The van der Waals surface area contributed by atoms with E-state index in [0.717, 1.165) is 5.39 Å². The van der Waals surface area contributed by atoms with Gasteiger partial charge < -0.3 is 5.32 Å². The van der Waals surface area contributed by atoms with E-state index in [4.69, 9.17) is 0 Å². The molecule has 0 atom stereocenters. The van der Waals surface area contributed by atoms with Crippen molar-refractivity contribution in [3.05, 3.63) is 69.7 Å². The van der Waals surface area contributed by atoms with E-state index < -0.39 is 0 Å². The topological polar surface area (TPSA) is 42.0 Å². The van der Waals surface area contributed by atoms with E-state index in [1.165, 1.54) is 12.1 Å². The van der Waals surface area contributed by atoms with E-state index in [2.05, 4.69) is 10.3 Å². The molecular weight excluding hydrogens is 382 g/mol. The van der Waals surface area contributed by atoms with Crippen LogP contribution in [0.2, 0.25) is 0 Å². The Morgan fingerprint density at radius 3 is 2.76 bits per heavy atom. The molecule has 3 aromatic rings. The lowest BCUT2D eigenvalue weighted by molar-refractivity contribution is 0.102. The van der Waals surface area contributed by atoms with E-state index in [1.807, 2.05) is 46.9 Å². The van der Waals surface area contributed by atoms with Crippen LogP contribution in [0.25, 0.3) is 10.9 Å². The molecule has 1 N–H and O–H groups in total. The molecule has 0 aliphatic rings. The van der Waals surface area contributed by atoms with Crippen LogP contribution >= 0.6 is 22.6 Å². The number of fused-ring (bicyclic) bond motifs is 1. The second kappa shape index (κ2) is 5.77. The summed E-state index contributed by atoms with van der Waals surface area (Å²) < 4.78 is 13.7. The molecular formula is C16H10FIN2O. The van der Waals surface area contributed by atoms with Crippen molar-refractivity contribution in [1.82, 2.24) is 4.98 Å². The van der Waals surface area contributed by atoms with Crippen molar-refractivity contribution in [3.8, 4) is 0 Å². The molecule has 0 fully saturated rings. The first-order valence-corrected chi connectivity index (χ1v) is 7.33. The Hall–Kier alpha value is -2.02. The number of anilines is 1. The molecule has 104 valence electrons. The zero-order chi connectivity index (χ0) is 14.8. The highest BCUT2D eigenvalue weighted by molar-refractivity contribution is 14.1. The van der Waals surface area contributed by atoms with E-state index in [-0.39, 0.29) is 11.7 Å². The van der Waals surface area contributed by atoms with Crippen molar-refractivity contribution < 1.29 is 9.18 Å². The molecule has 2 aromatic carbocycles. The number of halogens is 2. The van der Waals surface area contributed by atoms with Gasteiger partial charge in [0, 0.05) is 15.2 Å². The quantitative estimate of drug-likeness (QED) is 0.664. The maximum Gasteiger partial charge on any atom is 0.257 e. The number of nitrogens with zero attached hydrogens (tertiary/aromatic N) is 1. The molecule has 1 aromatic heterocycles. The summed E-state index contributed by atoms with van der Waals surface area (Å²) in [6.45, 7) is 0. The second-order valence-electron chi connectivity index (χ2n) is 4.46. The van der Waals surface area contributed by atoms with E-state index >= 15 is 0 Å². The van der Waals surface area contributed by atoms with Crippen LogP contribution in [-0.2, 0) is 0 Å². The van der Waals surface area contributed by atoms with Crippen LogP contribution in [0, 0.1) is 9.39 Å². The molecule has 0 aliphatic carbocycles. The van der Waals surface area contributed by atoms with Gasteiger partial charge in [0.2, 0.25) is 0 Å².